The zero-order chi connectivity index (χ0) is 13.3. The van der Waals surface area contributed by atoms with E-state index in [4.69, 9.17) is 4.74 Å². The first-order chi connectivity index (χ1) is 9.16. The zero-order valence-electron chi connectivity index (χ0n) is 11.3. The molecule has 0 spiro atoms. The molecule has 0 bridgehead atoms. The molecule has 0 unspecified atom stereocenters. The van der Waals surface area contributed by atoms with Crippen LogP contribution in [0.15, 0.2) is 29.3 Å². The highest BCUT2D eigenvalue weighted by atomic mass is 16.5. The number of hydrogen-bond acceptors (Lipinski definition) is 2. The summed E-state index contributed by atoms with van der Waals surface area (Å²) in [4.78, 5) is 4.68. The molecule has 0 amide bonds. The van der Waals surface area contributed by atoms with Crippen LogP contribution in [0.4, 0.5) is 0 Å². The van der Waals surface area contributed by atoms with Crippen LogP contribution >= 0.6 is 0 Å². The van der Waals surface area contributed by atoms with Crippen molar-refractivity contribution in [1.29, 1.82) is 0 Å². The third kappa shape index (κ3) is 2.68. The number of ether oxygens (including phenoxy) is 1. The summed E-state index contributed by atoms with van der Waals surface area (Å²) < 4.78 is 5.78. The summed E-state index contributed by atoms with van der Waals surface area (Å²) in [7, 11) is 0. The lowest BCUT2D eigenvalue weighted by Gasteiger charge is -2.23. The summed E-state index contributed by atoms with van der Waals surface area (Å²) in [5.74, 6) is 1.08. The molecule has 0 aromatic heterocycles. The van der Waals surface area contributed by atoms with E-state index in [0.717, 1.165) is 11.5 Å². The fraction of sp³-hybridized carbons (Fsp3) is 0.294. The Labute approximate surface area is 115 Å². The first-order valence-corrected chi connectivity index (χ1v) is 6.66. The van der Waals surface area contributed by atoms with E-state index in [2.05, 4.69) is 62.7 Å². The van der Waals surface area contributed by atoms with Gasteiger partial charge in [0.25, 0.3) is 0 Å². The molecule has 2 nitrogen and oxygen atoms in total. The summed E-state index contributed by atoms with van der Waals surface area (Å²) in [5, 5.41) is 0. The van der Waals surface area contributed by atoms with Crippen LogP contribution in [0.1, 0.15) is 30.9 Å². The van der Waals surface area contributed by atoms with Crippen LogP contribution in [-0.4, -0.2) is 18.0 Å². The molecule has 1 aliphatic carbocycles. The van der Waals surface area contributed by atoms with Crippen LogP contribution in [0.25, 0.3) is 0 Å². The molecule has 19 heavy (non-hydrogen) atoms. The van der Waals surface area contributed by atoms with Crippen molar-refractivity contribution in [3.05, 3.63) is 67.5 Å². The van der Waals surface area contributed by atoms with Gasteiger partial charge in [0.15, 0.2) is 0 Å². The van der Waals surface area contributed by atoms with E-state index in [1.54, 1.807) is 0 Å². The molecule has 1 aromatic rings. The Morgan fingerprint density at radius 1 is 1.11 bits per heavy atom. The molecular formula is C17H18NO. The Morgan fingerprint density at radius 2 is 1.84 bits per heavy atom. The van der Waals surface area contributed by atoms with E-state index in [1.165, 1.54) is 5.56 Å². The number of rotatable bonds is 2. The Bertz CT molecular complexity index is 484. The fourth-order valence-corrected chi connectivity index (χ4v) is 2.41. The highest BCUT2D eigenvalue weighted by molar-refractivity contribution is 5.97. The minimum absolute atomic E-state index is 0.117. The van der Waals surface area contributed by atoms with Crippen molar-refractivity contribution < 1.29 is 4.74 Å². The van der Waals surface area contributed by atoms with E-state index in [-0.39, 0.29) is 5.54 Å². The van der Waals surface area contributed by atoms with Crippen LogP contribution in [-0.2, 0) is 4.74 Å². The van der Waals surface area contributed by atoms with Crippen molar-refractivity contribution in [3.63, 3.8) is 0 Å². The predicted molar refractivity (Wildman–Crippen MR) is 77.3 cm³/mol. The van der Waals surface area contributed by atoms with Gasteiger partial charge in [-0.25, -0.2) is 4.99 Å². The monoisotopic (exact) mass is 252 g/mol. The minimum atomic E-state index is -0.117. The second kappa shape index (κ2) is 4.99. The highest BCUT2D eigenvalue weighted by Crippen LogP contribution is 2.33. The maximum absolute atomic E-state index is 5.78. The largest absolute Gasteiger partial charge is 0.475 e. The molecule has 0 atom stereocenters. The van der Waals surface area contributed by atoms with Gasteiger partial charge in [-0.05, 0) is 63.5 Å². The molecule has 1 aliphatic heterocycles. The molecular weight excluding hydrogens is 234 g/mol. The van der Waals surface area contributed by atoms with Crippen molar-refractivity contribution in [2.75, 3.05) is 6.61 Å². The van der Waals surface area contributed by atoms with E-state index < -0.39 is 0 Å². The molecule has 3 rings (SSSR count). The lowest BCUT2D eigenvalue weighted by Crippen LogP contribution is -2.17. The maximum atomic E-state index is 5.78. The molecule has 97 valence electrons. The van der Waals surface area contributed by atoms with Gasteiger partial charge in [-0.3, -0.25) is 0 Å². The van der Waals surface area contributed by atoms with E-state index in [9.17, 15) is 0 Å². The first-order valence-electron chi connectivity index (χ1n) is 6.66. The van der Waals surface area contributed by atoms with Gasteiger partial charge in [-0.2, -0.15) is 0 Å². The van der Waals surface area contributed by atoms with Crippen molar-refractivity contribution in [2.45, 2.75) is 25.3 Å². The molecule has 1 aromatic carbocycles. The Kier molecular flexibility index (Phi) is 3.34. The van der Waals surface area contributed by atoms with Gasteiger partial charge in [0, 0.05) is 5.56 Å². The van der Waals surface area contributed by atoms with Crippen molar-refractivity contribution in [3.8, 4) is 0 Å². The average Bonchev–Trinajstić information content (AvgIpc) is 2.80. The van der Waals surface area contributed by atoms with Crippen molar-refractivity contribution in [2.24, 2.45) is 4.99 Å². The first kappa shape index (κ1) is 12.7. The number of aliphatic imine (C=N–C) groups is 1. The number of nitrogens with zero attached hydrogens (tertiary/aromatic N) is 1. The molecule has 0 N–H and O–H groups in total. The molecule has 1 heterocycles. The average molecular weight is 252 g/mol. The topological polar surface area (TPSA) is 21.6 Å². The summed E-state index contributed by atoms with van der Waals surface area (Å²) >= 11 is 0. The van der Waals surface area contributed by atoms with Crippen LogP contribution in [0.2, 0.25) is 0 Å². The molecule has 2 heteroatoms. The molecule has 0 saturated heterocycles. The predicted octanol–water partition coefficient (Wildman–Crippen LogP) is 3.36. The summed E-state index contributed by atoms with van der Waals surface area (Å²) in [6, 6.07) is 8.35. The van der Waals surface area contributed by atoms with Crippen molar-refractivity contribution >= 4 is 5.90 Å². The zero-order valence-corrected chi connectivity index (χ0v) is 11.3. The van der Waals surface area contributed by atoms with Gasteiger partial charge in [0.05, 0.1) is 5.54 Å². The summed E-state index contributed by atoms with van der Waals surface area (Å²) in [5.41, 5.74) is 2.24. The number of benzene rings is 1. The quantitative estimate of drug-likeness (QED) is 0.791. The normalized spacial score (nSPS) is 22.9. The highest BCUT2D eigenvalue weighted by Gasteiger charge is 2.29. The standard InChI is InChI=1S/C17H18NO/c1-17(2)12-19-16(18-17)15-11-7-6-10-14(15)13-8-4-3-5-9-13/h3-11,13H,12H2,1-2H3. The number of hydrogen-bond donors (Lipinski definition) is 0. The van der Waals surface area contributed by atoms with Gasteiger partial charge in [-0.1, -0.05) is 18.2 Å². The lowest BCUT2D eigenvalue weighted by molar-refractivity contribution is 0.279. The Balaban J connectivity index is 1.93. The van der Waals surface area contributed by atoms with Crippen molar-refractivity contribution in [1.82, 2.24) is 0 Å². The van der Waals surface area contributed by atoms with Gasteiger partial charge >= 0.3 is 0 Å². The smallest absolute Gasteiger partial charge is 0.217 e. The Morgan fingerprint density at radius 3 is 2.53 bits per heavy atom. The molecule has 5 radical (unpaired) electrons. The maximum Gasteiger partial charge on any atom is 0.217 e. The van der Waals surface area contributed by atoms with E-state index in [0.29, 0.717) is 12.5 Å². The summed E-state index contributed by atoms with van der Waals surface area (Å²) in [6.45, 7) is 4.84. The molecule has 2 aliphatic rings. The second-order valence-corrected chi connectivity index (χ2v) is 5.59. The fourth-order valence-electron chi connectivity index (χ4n) is 2.41. The molecule has 1 fully saturated rings. The van der Waals surface area contributed by atoms with Crippen LogP contribution in [0.5, 0.6) is 0 Å². The van der Waals surface area contributed by atoms with Gasteiger partial charge in [0.2, 0.25) is 5.90 Å². The van der Waals surface area contributed by atoms with Gasteiger partial charge in [0.1, 0.15) is 6.61 Å². The van der Waals surface area contributed by atoms with E-state index >= 15 is 0 Å². The van der Waals surface area contributed by atoms with E-state index in [1.807, 2.05) is 12.5 Å². The van der Waals surface area contributed by atoms with Crippen LogP contribution in [0, 0.1) is 32.1 Å². The second-order valence-electron chi connectivity index (χ2n) is 5.59. The minimum Gasteiger partial charge on any atom is -0.475 e. The Hall–Kier alpha value is -1.31. The van der Waals surface area contributed by atoms with Crippen LogP contribution in [0.3, 0.4) is 0 Å². The van der Waals surface area contributed by atoms with Crippen LogP contribution < -0.4 is 0 Å². The third-order valence-electron chi connectivity index (χ3n) is 3.38. The lowest BCUT2D eigenvalue weighted by atomic mass is 9.82. The SMILES string of the molecule is CC1(C)COC(c2ccccc2C2[CH][CH][CH][CH][CH]2)=N1. The van der Waals surface area contributed by atoms with Gasteiger partial charge in [-0.15, -0.1) is 0 Å². The van der Waals surface area contributed by atoms with Gasteiger partial charge < -0.3 is 4.74 Å². The summed E-state index contributed by atoms with van der Waals surface area (Å²) in [6.07, 6.45) is 10.6. The third-order valence-corrected chi connectivity index (χ3v) is 3.38. The molecule has 1 saturated carbocycles.